The van der Waals surface area contributed by atoms with E-state index in [0.717, 1.165) is 64.3 Å². The lowest BCUT2D eigenvalue weighted by atomic mass is 10.2. The van der Waals surface area contributed by atoms with E-state index in [1.54, 1.807) is 35.8 Å². The fraction of sp³-hybridized carbons (Fsp3) is 0.387. The van der Waals surface area contributed by atoms with Gasteiger partial charge in [-0.15, -0.1) is 0 Å². The number of fused-ring (bicyclic) bond motifs is 3. The van der Waals surface area contributed by atoms with E-state index in [1.165, 1.54) is 38.8 Å². The number of likely N-dealkylation sites (tertiary alicyclic amines) is 1. The fourth-order valence-electron chi connectivity index (χ4n) is 6.29. The fourth-order valence-corrected chi connectivity index (χ4v) is 6.29. The summed E-state index contributed by atoms with van der Waals surface area (Å²) in [4.78, 5) is 40.0. The molecular formula is C31H36N10O. The first kappa shape index (κ1) is 26.4. The highest BCUT2D eigenvalue weighted by molar-refractivity contribution is 5.91. The number of hydrogen-bond donors (Lipinski definition) is 1. The van der Waals surface area contributed by atoms with E-state index < -0.39 is 0 Å². The van der Waals surface area contributed by atoms with Crippen molar-refractivity contribution in [2.75, 3.05) is 38.1 Å². The Morgan fingerprint density at radius 3 is 2.57 bits per heavy atom. The van der Waals surface area contributed by atoms with Gasteiger partial charge in [0.05, 0.1) is 22.4 Å². The summed E-state index contributed by atoms with van der Waals surface area (Å²) >= 11 is 0. The average Bonchev–Trinajstić information content (AvgIpc) is 3.59. The van der Waals surface area contributed by atoms with Crippen molar-refractivity contribution in [3.05, 3.63) is 59.4 Å². The van der Waals surface area contributed by atoms with Crippen LogP contribution in [0.3, 0.4) is 0 Å². The standard InChI is InChI=1S/C31H36N10O/c1-37(14-9-17-40-15-6-4-5-7-16-40)29-26-30(34-20-33-29)41(22-11-12-24-25(19-22)39(3)31(42)38(24)2)28(36-26)23-18-21-10-8-13-32-27(21)35-23/h8,10-13,18-20H,4-7,9,14-17H2,1-3H3,(H,32,35). The molecule has 7 rings (SSSR count). The molecule has 1 aliphatic heterocycles. The van der Waals surface area contributed by atoms with Crippen molar-refractivity contribution < 1.29 is 0 Å². The molecule has 5 aromatic heterocycles. The first-order valence-corrected chi connectivity index (χ1v) is 14.8. The van der Waals surface area contributed by atoms with Gasteiger partial charge in [-0.3, -0.25) is 13.7 Å². The molecule has 6 aromatic rings. The highest BCUT2D eigenvalue weighted by Gasteiger charge is 2.23. The largest absolute Gasteiger partial charge is 0.358 e. The molecule has 0 unspecified atom stereocenters. The topological polar surface area (TPSA) is 106 Å². The van der Waals surface area contributed by atoms with Gasteiger partial charge in [0.2, 0.25) is 0 Å². The quantitative estimate of drug-likeness (QED) is 0.309. The summed E-state index contributed by atoms with van der Waals surface area (Å²) in [7, 11) is 5.68. The molecule has 1 fully saturated rings. The summed E-state index contributed by atoms with van der Waals surface area (Å²) < 4.78 is 5.38. The number of nitrogens with zero attached hydrogens (tertiary/aromatic N) is 9. The Labute approximate surface area is 243 Å². The lowest BCUT2D eigenvalue weighted by molar-refractivity contribution is 0.283. The molecule has 1 saturated heterocycles. The van der Waals surface area contributed by atoms with E-state index in [9.17, 15) is 4.79 Å². The second kappa shape index (κ2) is 10.7. The van der Waals surface area contributed by atoms with Gasteiger partial charge in [-0.2, -0.15) is 0 Å². The van der Waals surface area contributed by atoms with Crippen LogP contribution in [0.25, 0.3) is 50.4 Å². The number of aromatic nitrogens is 8. The minimum atomic E-state index is -0.0639. The predicted octanol–water partition coefficient (Wildman–Crippen LogP) is 4.25. The Bertz CT molecular complexity index is 1920. The number of rotatable bonds is 7. The Kier molecular flexibility index (Phi) is 6.73. The molecule has 216 valence electrons. The Morgan fingerprint density at radius 1 is 0.952 bits per heavy atom. The zero-order valence-corrected chi connectivity index (χ0v) is 24.4. The number of H-pyrrole nitrogens is 1. The van der Waals surface area contributed by atoms with E-state index in [4.69, 9.17) is 15.0 Å². The van der Waals surface area contributed by atoms with E-state index in [1.807, 2.05) is 34.9 Å². The number of anilines is 1. The van der Waals surface area contributed by atoms with Gasteiger partial charge < -0.3 is 14.8 Å². The third-order valence-electron chi connectivity index (χ3n) is 8.60. The van der Waals surface area contributed by atoms with Crippen molar-refractivity contribution in [3.8, 4) is 17.2 Å². The number of aromatic amines is 1. The van der Waals surface area contributed by atoms with Crippen LogP contribution in [0.15, 0.2) is 53.7 Å². The van der Waals surface area contributed by atoms with Crippen molar-refractivity contribution in [1.82, 2.24) is 43.5 Å². The number of imidazole rings is 2. The van der Waals surface area contributed by atoms with Crippen LogP contribution >= 0.6 is 0 Å². The number of nitrogens with one attached hydrogen (secondary N) is 1. The SMILES string of the molecule is CN(CCCN1CCCCCC1)c1ncnc2c1nc(-c1cc3cccnc3[nH]1)n2-c1ccc2c(c1)n(C)c(=O)n2C. The molecular weight excluding hydrogens is 528 g/mol. The molecule has 0 aliphatic carbocycles. The van der Waals surface area contributed by atoms with Gasteiger partial charge in [0.25, 0.3) is 0 Å². The zero-order valence-electron chi connectivity index (χ0n) is 24.4. The van der Waals surface area contributed by atoms with Gasteiger partial charge in [-0.1, -0.05) is 12.8 Å². The molecule has 0 amide bonds. The summed E-state index contributed by atoms with van der Waals surface area (Å²) in [5.74, 6) is 1.52. The first-order valence-electron chi connectivity index (χ1n) is 14.8. The zero-order chi connectivity index (χ0) is 28.8. The van der Waals surface area contributed by atoms with Gasteiger partial charge in [-0.25, -0.2) is 24.7 Å². The van der Waals surface area contributed by atoms with E-state index in [-0.39, 0.29) is 5.69 Å². The van der Waals surface area contributed by atoms with E-state index >= 15 is 0 Å². The molecule has 1 aliphatic rings. The Morgan fingerprint density at radius 2 is 1.76 bits per heavy atom. The normalized spacial score (nSPS) is 14.7. The number of hydrogen-bond acceptors (Lipinski definition) is 7. The summed E-state index contributed by atoms with van der Waals surface area (Å²) in [6, 6.07) is 12.0. The highest BCUT2D eigenvalue weighted by Crippen LogP contribution is 2.33. The number of aryl methyl sites for hydroxylation is 2. The van der Waals surface area contributed by atoms with Crippen molar-refractivity contribution in [3.63, 3.8) is 0 Å². The van der Waals surface area contributed by atoms with Crippen LogP contribution in [0.4, 0.5) is 5.82 Å². The van der Waals surface area contributed by atoms with Gasteiger partial charge in [-0.05, 0) is 75.3 Å². The van der Waals surface area contributed by atoms with Gasteiger partial charge in [0.15, 0.2) is 22.8 Å². The molecule has 1 aromatic carbocycles. The minimum Gasteiger partial charge on any atom is -0.358 e. The molecule has 11 nitrogen and oxygen atoms in total. The Hall–Kier alpha value is -4.51. The first-order chi connectivity index (χ1) is 20.5. The molecule has 0 radical (unpaired) electrons. The maximum absolute atomic E-state index is 12.7. The molecule has 1 N–H and O–H groups in total. The van der Waals surface area contributed by atoms with Gasteiger partial charge in [0.1, 0.15) is 12.0 Å². The molecule has 0 spiro atoms. The van der Waals surface area contributed by atoms with Crippen molar-refractivity contribution in [2.24, 2.45) is 14.1 Å². The molecule has 0 bridgehead atoms. The van der Waals surface area contributed by atoms with Gasteiger partial charge >= 0.3 is 5.69 Å². The third kappa shape index (κ3) is 4.53. The summed E-state index contributed by atoms with van der Waals surface area (Å²) in [6.07, 6.45) is 9.75. The predicted molar refractivity (Wildman–Crippen MR) is 166 cm³/mol. The summed E-state index contributed by atoms with van der Waals surface area (Å²) in [6.45, 7) is 4.37. The average molecular weight is 565 g/mol. The molecule has 42 heavy (non-hydrogen) atoms. The third-order valence-corrected chi connectivity index (χ3v) is 8.60. The maximum atomic E-state index is 12.7. The smallest absolute Gasteiger partial charge is 0.328 e. The molecule has 0 saturated carbocycles. The van der Waals surface area contributed by atoms with Crippen LogP contribution in [0.5, 0.6) is 0 Å². The number of pyridine rings is 1. The molecule has 11 heteroatoms. The van der Waals surface area contributed by atoms with Crippen molar-refractivity contribution >= 4 is 39.0 Å². The van der Waals surface area contributed by atoms with Crippen LogP contribution < -0.4 is 10.6 Å². The highest BCUT2D eigenvalue weighted by atomic mass is 16.1. The second-order valence-electron chi connectivity index (χ2n) is 11.4. The van der Waals surface area contributed by atoms with Gasteiger partial charge in [0, 0.05) is 39.3 Å². The monoisotopic (exact) mass is 564 g/mol. The lowest BCUT2D eigenvalue weighted by Crippen LogP contribution is -2.29. The van der Waals surface area contributed by atoms with Crippen LogP contribution in [0.2, 0.25) is 0 Å². The van der Waals surface area contributed by atoms with Crippen molar-refractivity contribution in [1.29, 1.82) is 0 Å². The minimum absolute atomic E-state index is 0.0639. The lowest BCUT2D eigenvalue weighted by Gasteiger charge is -2.23. The van der Waals surface area contributed by atoms with Crippen molar-refractivity contribution in [2.45, 2.75) is 32.1 Å². The van der Waals surface area contributed by atoms with Crippen LogP contribution in [0.1, 0.15) is 32.1 Å². The van der Waals surface area contributed by atoms with E-state index in [2.05, 4.69) is 32.9 Å². The number of benzene rings is 1. The van der Waals surface area contributed by atoms with E-state index in [0.29, 0.717) is 11.5 Å². The molecule has 6 heterocycles. The van der Waals surface area contributed by atoms with Crippen LogP contribution in [-0.2, 0) is 14.1 Å². The maximum Gasteiger partial charge on any atom is 0.328 e. The molecule has 0 atom stereocenters. The Balaban J connectivity index is 1.32. The summed E-state index contributed by atoms with van der Waals surface area (Å²) in [5, 5.41) is 1.00. The van der Waals surface area contributed by atoms with Crippen LogP contribution in [-0.4, -0.2) is 76.7 Å². The second-order valence-corrected chi connectivity index (χ2v) is 11.4. The van der Waals surface area contributed by atoms with Crippen LogP contribution in [0, 0.1) is 0 Å². The summed E-state index contributed by atoms with van der Waals surface area (Å²) in [5.41, 5.74) is 5.58.